The third-order valence-electron chi connectivity index (χ3n) is 24.0. The van der Waals surface area contributed by atoms with E-state index in [4.69, 9.17) is 14.2 Å². The van der Waals surface area contributed by atoms with Gasteiger partial charge in [-0.3, -0.25) is 14.4 Å². The first-order chi connectivity index (χ1) is 63.2. The number of carbonyl (C=O) groups is 3. The molecule has 0 N–H and O–H groups in total. The lowest BCUT2D eigenvalue weighted by molar-refractivity contribution is -0.143. The fraction of sp³-hybridized carbons (Fsp3) is 0.587. The van der Waals surface area contributed by atoms with E-state index in [-0.39, 0.29) is 29.8 Å². The molecule has 0 spiro atoms. The molecule has 0 atom stereocenters. The molecule has 8 nitrogen and oxygen atoms in total. The molecule has 7 aromatic carbocycles. The van der Waals surface area contributed by atoms with E-state index in [1.165, 1.54) is 320 Å². The zero-order chi connectivity index (χ0) is 96.5. The van der Waals surface area contributed by atoms with E-state index in [0.717, 1.165) is 99.8 Å². The lowest BCUT2D eigenvalue weighted by Gasteiger charge is -2.20. The van der Waals surface area contributed by atoms with E-state index < -0.39 is 47.6 Å². The van der Waals surface area contributed by atoms with Gasteiger partial charge in [0.25, 0.3) is 0 Å². The normalized spacial score (nSPS) is 16.3. The molecule has 14 rings (SSSR count). The predicted octanol–water partition coefficient (Wildman–Crippen LogP) is 25.0. The Hall–Kier alpha value is -6.10. The maximum Gasteiger partial charge on any atom is 0.302 e. The molecule has 7 aliphatic rings. The number of hydrogen-bond donors (Lipinski definition) is 0. The minimum Gasteiger partial charge on any atom is -0.461 e. The Labute approximate surface area is 812 Å². The summed E-state index contributed by atoms with van der Waals surface area (Å²) in [6.07, 6.45) is 67.1. The Balaban J connectivity index is 0.000000708. The van der Waals surface area contributed by atoms with Crippen LogP contribution in [0.2, 0.25) is 33.2 Å². The van der Waals surface area contributed by atoms with E-state index in [1.807, 2.05) is 50.2 Å². The molecule has 0 unspecified atom stereocenters. The van der Waals surface area contributed by atoms with Crippen LogP contribution in [-0.4, -0.2) is 109 Å². The molecule has 0 heterocycles. The van der Waals surface area contributed by atoms with Crippen LogP contribution >= 0.6 is 0 Å². The summed E-state index contributed by atoms with van der Waals surface area (Å²) in [4.78, 5) is 31.1. The first-order valence-corrected chi connectivity index (χ1v) is 59.3. The van der Waals surface area contributed by atoms with E-state index >= 15 is 0 Å². The van der Waals surface area contributed by atoms with Crippen molar-refractivity contribution in [2.45, 2.75) is 397 Å². The molecule has 131 heavy (non-hydrogen) atoms. The van der Waals surface area contributed by atoms with Crippen molar-refractivity contribution in [3.05, 3.63) is 250 Å². The van der Waals surface area contributed by atoms with E-state index in [2.05, 4.69) is 77.9 Å². The van der Waals surface area contributed by atoms with E-state index in [0.29, 0.717) is 31.5 Å². The summed E-state index contributed by atoms with van der Waals surface area (Å²) >= 11 is 0. The lowest BCUT2D eigenvalue weighted by Crippen LogP contribution is -2.16. The minimum atomic E-state index is -1.56. The number of halogens is 7. The summed E-state index contributed by atoms with van der Waals surface area (Å²) in [5.74, 6) is -7.23. The SMILES string of the molecule is CC(=O)OCc1cc(F)cc(F)c1.CC(=O)OCc1ccc(F)c(F)c1F.CC(=O)OCc1ccccc1.CCCc1ccccc1.CCOCc1ccc(F)cc1.CCc1ccccc1.Cc1ccc(F)cc1.[SiH3]C1CCCCCC1.[SiH3]C1CCCCCC1.[SiH3]C1CCCCCC1.[SiH3]C1CCCCCC1.[SiH3]C1CCCCCC1.[SiH3]C1CCCCCC1.[SiH3]COC1CCCCC1. The second kappa shape index (κ2) is 84.4. The van der Waals surface area contributed by atoms with Gasteiger partial charge in [-0.15, -0.1) is 0 Å². The summed E-state index contributed by atoms with van der Waals surface area (Å²) in [5.41, 5.74) is 13.1. The average molecular weight is 1950 g/mol. The first kappa shape index (κ1) is 123. The van der Waals surface area contributed by atoms with Gasteiger partial charge in [0.15, 0.2) is 17.5 Å². The Morgan fingerprint density at radius 1 is 0.313 bits per heavy atom. The highest BCUT2D eigenvalue weighted by atomic mass is 28.2. The maximum atomic E-state index is 12.9. The smallest absolute Gasteiger partial charge is 0.302 e. The Morgan fingerprint density at radius 2 is 0.611 bits per heavy atom. The summed E-state index contributed by atoms with van der Waals surface area (Å²) in [5, 5.41) is 0. The van der Waals surface area contributed by atoms with Crippen molar-refractivity contribution in [2.75, 3.05) is 12.8 Å². The van der Waals surface area contributed by atoms with Gasteiger partial charge in [0.05, 0.1) is 12.7 Å². The minimum absolute atomic E-state index is 0.107. The van der Waals surface area contributed by atoms with Crippen LogP contribution in [0.1, 0.15) is 350 Å². The summed E-state index contributed by atoms with van der Waals surface area (Å²) in [7, 11) is 9.89. The third-order valence-corrected chi connectivity index (χ3v) is 31.3. The van der Waals surface area contributed by atoms with Crippen molar-refractivity contribution in [3.8, 4) is 0 Å². The Bertz CT molecular complexity index is 3590. The van der Waals surface area contributed by atoms with Crippen LogP contribution in [0.5, 0.6) is 0 Å². The van der Waals surface area contributed by atoms with Gasteiger partial charge in [-0.05, 0) is 116 Å². The first-order valence-electron chi connectivity index (χ1n) is 50.9. The third kappa shape index (κ3) is 75.7. The number of esters is 3. The standard InChI is InChI=1S/C9H7F3O2.C9H8F2O2.C9H11FO.C9H10O2.C9H12.C8H10.C7H7F.C7H16OSi.6C7H16Si/c1-5(13)14-4-6-2-3-7(10)9(12)8(6)11;1-6(12)13-5-7-2-8(10)4-9(11)3-7;1-2-11-7-8-3-5-9(10)6-4-8;1-8(10)11-7-9-5-3-2-4-6-9;1-2-6-9-7-4-3-5-8-9;1-2-8-6-4-3-5-7-8;1-6-2-4-7(8)5-3-6;9-6-8-7-4-2-1-3-5-7;6*8-7-5-3-1-2-4-6-7/h2-3H,4H2,1H3;2-4H,5H2,1H3;3-6H,2,7H2,1H3;2-6H,7H2,1H3;3-5,7-8H,2,6H2,1H3;3-7H,2H2,1H3;2-5H,1H3;7H,1-6H2,9H3;6*7H,1-6H2,8H3. The molecule has 22 heteroatoms. The van der Waals surface area contributed by atoms with Crippen molar-refractivity contribution in [1.82, 2.24) is 0 Å². The van der Waals surface area contributed by atoms with Crippen molar-refractivity contribution in [2.24, 2.45) is 0 Å². The van der Waals surface area contributed by atoms with Crippen LogP contribution in [-0.2, 0) is 77.3 Å². The molecule has 0 amide bonds. The van der Waals surface area contributed by atoms with Crippen LogP contribution in [0.4, 0.5) is 30.7 Å². The number of ether oxygens (including phenoxy) is 5. The molecule has 738 valence electrons. The number of carbonyl (C=O) groups excluding carboxylic acids is 3. The van der Waals surface area contributed by atoms with Crippen molar-refractivity contribution < 1.29 is 68.8 Å². The second-order valence-corrected chi connectivity index (χ2v) is 47.2. The molecule has 0 radical (unpaired) electrons. The highest BCUT2D eigenvalue weighted by molar-refractivity contribution is 6.12. The van der Waals surface area contributed by atoms with E-state index in [9.17, 15) is 45.1 Å². The average Bonchev–Trinajstić information content (AvgIpc) is 1.36. The number of benzene rings is 7. The van der Waals surface area contributed by atoms with Gasteiger partial charge in [0.1, 0.15) is 43.1 Å². The maximum absolute atomic E-state index is 12.9. The van der Waals surface area contributed by atoms with Crippen molar-refractivity contribution >= 4 is 89.6 Å². The Kier molecular flexibility index (Phi) is 79.2. The van der Waals surface area contributed by atoms with Gasteiger partial charge in [-0.1, -0.05) is 425 Å². The second-order valence-electron chi connectivity index (χ2n) is 36.9. The predicted molar refractivity (Wildman–Crippen MR) is 566 cm³/mol. The van der Waals surface area contributed by atoms with Gasteiger partial charge in [0.2, 0.25) is 0 Å². The van der Waals surface area contributed by atoms with Crippen LogP contribution < -0.4 is 0 Å². The summed E-state index contributed by atoms with van der Waals surface area (Å²) in [6, 6.07) is 48.1. The van der Waals surface area contributed by atoms with Crippen LogP contribution in [0, 0.1) is 47.6 Å². The highest BCUT2D eigenvalue weighted by Crippen LogP contribution is 2.29. The molecular weight excluding hydrogens is 1770 g/mol. The molecule has 7 saturated carbocycles. The topological polar surface area (TPSA) is 97.4 Å². The molecule has 0 saturated heterocycles. The van der Waals surface area contributed by atoms with Gasteiger partial charge in [0, 0.05) is 117 Å². The van der Waals surface area contributed by atoms with Gasteiger partial charge in [-0.2, -0.15) is 0 Å². The summed E-state index contributed by atoms with van der Waals surface area (Å²) in [6.45, 7) is 13.1. The van der Waals surface area contributed by atoms with Crippen LogP contribution in [0.15, 0.2) is 170 Å². The fourth-order valence-corrected chi connectivity index (χ4v) is 21.2. The van der Waals surface area contributed by atoms with Crippen molar-refractivity contribution in [3.63, 3.8) is 0 Å². The van der Waals surface area contributed by atoms with E-state index in [1.54, 1.807) is 101 Å². The van der Waals surface area contributed by atoms with Crippen LogP contribution in [0.3, 0.4) is 0 Å². The molecule has 7 fully saturated rings. The quantitative estimate of drug-likeness (QED) is 0.0265. The number of aryl methyl sites for hydroxylation is 3. The monoisotopic (exact) mass is 1940 g/mol. The zero-order valence-corrected chi connectivity index (χ0v) is 98.0. The van der Waals surface area contributed by atoms with Crippen molar-refractivity contribution in [1.29, 1.82) is 0 Å². The fourth-order valence-electron chi connectivity index (χ4n) is 15.8. The number of rotatable bonds is 14. The molecular formula is C109H177F7O8Si7. The van der Waals surface area contributed by atoms with Crippen LogP contribution in [0.25, 0.3) is 0 Å². The largest absolute Gasteiger partial charge is 0.461 e. The molecule has 0 bridgehead atoms. The highest BCUT2D eigenvalue weighted by Gasteiger charge is 2.16. The lowest BCUT2D eigenvalue weighted by atomic mass is 9.98. The number of hydrogen-bond acceptors (Lipinski definition) is 8. The molecule has 7 aromatic rings. The Morgan fingerprint density at radius 3 is 0.916 bits per heavy atom. The van der Waals surface area contributed by atoms with Gasteiger partial charge >= 0.3 is 17.9 Å². The zero-order valence-electron chi connectivity index (χ0n) is 84.0. The van der Waals surface area contributed by atoms with Gasteiger partial charge in [-0.25, -0.2) is 30.7 Å². The summed E-state index contributed by atoms with van der Waals surface area (Å²) < 4.78 is 112. The van der Waals surface area contributed by atoms with Gasteiger partial charge < -0.3 is 23.7 Å². The molecule has 0 aromatic heterocycles. The molecule has 0 aliphatic heterocycles. The molecule has 7 aliphatic carbocycles.